The number of pyridine rings is 1. The molecule has 6 nitrogen and oxygen atoms in total. The summed E-state index contributed by atoms with van der Waals surface area (Å²) < 4.78 is 1.04. The maximum Gasteiger partial charge on any atom is 0.255 e. The lowest BCUT2D eigenvalue weighted by Crippen LogP contribution is -2.50. The number of carbonyl (C=O) groups excluding carboxylic acids is 2. The Labute approximate surface area is 192 Å². The summed E-state index contributed by atoms with van der Waals surface area (Å²) in [6.45, 7) is 1.88. The SMILES string of the molecule is O=C(C=Cc1ccc(-c2ccc(Br)cc2)s1)N1CCN(C(=O)c2ccc(=O)[nH]c2)CC1. The average molecular weight is 498 g/mol. The first-order valence-corrected chi connectivity index (χ1v) is 11.4. The van der Waals surface area contributed by atoms with Crippen molar-refractivity contribution < 1.29 is 9.59 Å². The van der Waals surface area contributed by atoms with Gasteiger partial charge in [0.1, 0.15) is 0 Å². The van der Waals surface area contributed by atoms with E-state index in [1.165, 1.54) is 18.3 Å². The number of rotatable bonds is 4. The topological polar surface area (TPSA) is 73.5 Å². The fourth-order valence-corrected chi connectivity index (χ4v) is 4.51. The maximum atomic E-state index is 12.6. The summed E-state index contributed by atoms with van der Waals surface area (Å²) in [7, 11) is 0. The van der Waals surface area contributed by atoms with E-state index < -0.39 is 0 Å². The number of amides is 2. The van der Waals surface area contributed by atoms with Gasteiger partial charge in [-0.2, -0.15) is 0 Å². The van der Waals surface area contributed by atoms with Gasteiger partial charge in [0.2, 0.25) is 11.5 Å². The van der Waals surface area contributed by atoms with Gasteiger partial charge in [0.25, 0.3) is 5.91 Å². The maximum absolute atomic E-state index is 12.6. The molecule has 1 aromatic carbocycles. The molecule has 0 atom stereocenters. The molecule has 0 radical (unpaired) electrons. The second-order valence-electron chi connectivity index (χ2n) is 7.10. The fourth-order valence-electron chi connectivity index (χ4n) is 3.33. The Morgan fingerprint density at radius 2 is 1.65 bits per heavy atom. The Morgan fingerprint density at radius 3 is 2.32 bits per heavy atom. The second-order valence-corrected chi connectivity index (χ2v) is 9.13. The lowest BCUT2D eigenvalue weighted by molar-refractivity contribution is -0.127. The van der Waals surface area contributed by atoms with Crippen LogP contribution >= 0.6 is 27.3 Å². The molecule has 2 aromatic heterocycles. The van der Waals surface area contributed by atoms with Crippen LogP contribution in [0.4, 0.5) is 0 Å². The van der Waals surface area contributed by atoms with E-state index in [4.69, 9.17) is 0 Å². The number of carbonyl (C=O) groups is 2. The van der Waals surface area contributed by atoms with E-state index >= 15 is 0 Å². The van der Waals surface area contributed by atoms with Crippen LogP contribution in [0.1, 0.15) is 15.2 Å². The smallest absolute Gasteiger partial charge is 0.255 e. The molecule has 1 N–H and O–H groups in total. The van der Waals surface area contributed by atoms with Crippen LogP contribution in [0.3, 0.4) is 0 Å². The van der Waals surface area contributed by atoms with Gasteiger partial charge < -0.3 is 14.8 Å². The van der Waals surface area contributed by atoms with Crippen LogP contribution in [-0.2, 0) is 4.79 Å². The Balaban J connectivity index is 1.32. The summed E-state index contributed by atoms with van der Waals surface area (Å²) in [6, 6.07) is 15.1. The number of halogens is 1. The van der Waals surface area contributed by atoms with Gasteiger partial charge in [0.15, 0.2) is 0 Å². The zero-order valence-electron chi connectivity index (χ0n) is 16.6. The van der Waals surface area contributed by atoms with Gasteiger partial charge >= 0.3 is 0 Å². The number of hydrogen-bond donors (Lipinski definition) is 1. The molecule has 3 aromatic rings. The minimum absolute atomic E-state index is 0.0604. The van der Waals surface area contributed by atoms with Gasteiger partial charge in [-0.1, -0.05) is 28.1 Å². The minimum atomic E-state index is -0.242. The molecule has 1 saturated heterocycles. The van der Waals surface area contributed by atoms with E-state index in [0.29, 0.717) is 31.7 Å². The van der Waals surface area contributed by atoms with Gasteiger partial charge in [-0.15, -0.1) is 11.3 Å². The van der Waals surface area contributed by atoms with Crippen LogP contribution in [0.25, 0.3) is 16.5 Å². The van der Waals surface area contributed by atoms with Crippen molar-refractivity contribution in [2.45, 2.75) is 0 Å². The first-order chi connectivity index (χ1) is 15.0. The first-order valence-electron chi connectivity index (χ1n) is 9.80. The van der Waals surface area contributed by atoms with Gasteiger partial charge in [0, 0.05) is 58.7 Å². The predicted octanol–water partition coefficient (Wildman–Crippen LogP) is 3.86. The summed E-state index contributed by atoms with van der Waals surface area (Å²) in [6.07, 6.45) is 4.86. The molecule has 0 aliphatic carbocycles. The van der Waals surface area contributed by atoms with Gasteiger partial charge in [-0.3, -0.25) is 14.4 Å². The molecule has 3 heterocycles. The van der Waals surface area contributed by atoms with E-state index in [9.17, 15) is 14.4 Å². The van der Waals surface area contributed by atoms with Crippen molar-refractivity contribution in [2.75, 3.05) is 26.2 Å². The third-order valence-electron chi connectivity index (χ3n) is 5.06. The van der Waals surface area contributed by atoms with Gasteiger partial charge in [0.05, 0.1) is 5.56 Å². The van der Waals surface area contributed by atoms with Gasteiger partial charge in [-0.05, 0) is 42.0 Å². The molecule has 1 aliphatic heterocycles. The van der Waals surface area contributed by atoms with Crippen molar-refractivity contribution in [3.05, 3.63) is 86.1 Å². The standard InChI is InChI=1S/C23H20BrN3O3S/c24-18-4-1-16(2-5-18)20-8-6-19(31-20)7-10-22(29)26-11-13-27(14-12-26)23(30)17-3-9-21(28)25-15-17/h1-10,15H,11-14H2,(H,25,28). The Kier molecular flexibility index (Phi) is 6.48. The predicted molar refractivity (Wildman–Crippen MR) is 126 cm³/mol. The lowest BCUT2D eigenvalue weighted by Gasteiger charge is -2.34. The van der Waals surface area contributed by atoms with Crippen LogP contribution in [-0.4, -0.2) is 52.8 Å². The highest BCUT2D eigenvalue weighted by Gasteiger charge is 2.24. The van der Waals surface area contributed by atoms with Crippen molar-refractivity contribution in [1.29, 1.82) is 0 Å². The molecule has 158 valence electrons. The third-order valence-corrected chi connectivity index (χ3v) is 6.68. The Morgan fingerprint density at radius 1 is 0.935 bits per heavy atom. The number of nitrogens with zero attached hydrogens (tertiary/aromatic N) is 2. The number of benzene rings is 1. The molecule has 4 rings (SSSR count). The second kappa shape index (κ2) is 9.45. The van der Waals surface area contributed by atoms with E-state index in [0.717, 1.165) is 19.8 Å². The molecule has 0 bridgehead atoms. The summed E-state index contributed by atoms with van der Waals surface area (Å²) in [5, 5.41) is 0. The van der Waals surface area contributed by atoms with Crippen molar-refractivity contribution in [2.24, 2.45) is 0 Å². The van der Waals surface area contributed by atoms with Crippen LogP contribution < -0.4 is 5.56 Å². The average Bonchev–Trinajstić information content (AvgIpc) is 3.27. The largest absolute Gasteiger partial charge is 0.336 e. The number of aromatic amines is 1. The Hall–Kier alpha value is -2.97. The minimum Gasteiger partial charge on any atom is -0.336 e. The zero-order valence-corrected chi connectivity index (χ0v) is 19.0. The molecule has 0 saturated carbocycles. The monoisotopic (exact) mass is 497 g/mol. The summed E-state index contributed by atoms with van der Waals surface area (Å²) in [4.78, 5) is 44.4. The number of hydrogen-bond acceptors (Lipinski definition) is 4. The molecular weight excluding hydrogens is 478 g/mol. The summed E-state index contributed by atoms with van der Waals surface area (Å²) in [5.74, 6) is -0.201. The number of thiophene rings is 1. The van der Waals surface area contributed by atoms with Crippen molar-refractivity contribution in [1.82, 2.24) is 14.8 Å². The summed E-state index contributed by atoms with van der Waals surface area (Å²) in [5.41, 5.74) is 1.34. The van der Waals surface area contributed by atoms with Crippen LogP contribution in [0, 0.1) is 0 Å². The van der Waals surface area contributed by atoms with Crippen LogP contribution in [0.15, 0.2) is 70.1 Å². The number of piperazine rings is 1. The normalized spacial score (nSPS) is 14.2. The molecule has 0 spiro atoms. The van der Waals surface area contributed by atoms with Crippen molar-refractivity contribution in [3.8, 4) is 10.4 Å². The zero-order chi connectivity index (χ0) is 21.8. The molecule has 0 unspecified atom stereocenters. The van der Waals surface area contributed by atoms with Crippen molar-refractivity contribution in [3.63, 3.8) is 0 Å². The molecule has 1 fully saturated rings. The lowest BCUT2D eigenvalue weighted by atomic mass is 10.2. The van der Waals surface area contributed by atoms with Crippen LogP contribution in [0.2, 0.25) is 0 Å². The number of aromatic nitrogens is 1. The van der Waals surface area contributed by atoms with E-state index in [2.05, 4.69) is 39.1 Å². The number of H-pyrrole nitrogens is 1. The molecule has 1 aliphatic rings. The van der Waals surface area contributed by atoms with E-state index in [1.54, 1.807) is 27.2 Å². The van der Waals surface area contributed by atoms with E-state index in [-0.39, 0.29) is 17.4 Å². The summed E-state index contributed by atoms with van der Waals surface area (Å²) >= 11 is 5.08. The van der Waals surface area contributed by atoms with E-state index in [1.807, 2.05) is 24.3 Å². The quantitative estimate of drug-likeness (QED) is 0.556. The molecular formula is C23H20BrN3O3S. The number of nitrogens with one attached hydrogen (secondary N) is 1. The fraction of sp³-hybridized carbons (Fsp3) is 0.174. The first kappa shape index (κ1) is 21.3. The van der Waals surface area contributed by atoms with Crippen molar-refractivity contribution >= 4 is 45.2 Å². The highest BCUT2D eigenvalue weighted by Crippen LogP contribution is 2.29. The highest BCUT2D eigenvalue weighted by molar-refractivity contribution is 9.10. The molecule has 2 amide bonds. The molecule has 31 heavy (non-hydrogen) atoms. The molecule has 8 heteroatoms. The third kappa shape index (κ3) is 5.21. The highest BCUT2D eigenvalue weighted by atomic mass is 79.9. The Bertz CT molecular complexity index is 1150. The van der Waals surface area contributed by atoms with Gasteiger partial charge in [-0.25, -0.2) is 0 Å². The van der Waals surface area contributed by atoms with Crippen LogP contribution in [0.5, 0.6) is 0 Å².